The highest BCUT2D eigenvalue weighted by molar-refractivity contribution is 7.89. The summed E-state index contributed by atoms with van der Waals surface area (Å²) in [6.07, 6.45) is 3.83. The number of sulfonamides is 1. The van der Waals surface area contributed by atoms with Gasteiger partial charge >= 0.3 is 5.97 Å². The second kappa shape index (κ2) is 9.23. The molecular formula is C20H30N4O4S. The van der Waals surface area contributed by atoms with Crippen molar-refractivity contribution in [1.29, 1.82) is 0 Å². The summed E-state index contributed by atoms with van der Waals surface area (Å²) in [4.78, 5) is 19.2. The fourth-order valence-corrected chi connectivity index (χ4v) is 4.41. The van der Waals surface area contributed by atoms with Crippen molar-refractivity contribution in [1.82, 2.24) is 14.5 Å². The standard InChI is InChI=1S/C20H30N4O4S/c1-3-5-11-24-18-9-8-16(29(21,26)27)12-17(18)22-19(24)14-23-10-6-7-15(13-23)20(25)28-4-2/h8-9,12,15H,3-7,10-11,13-14H2,1-2H3,(H2,21,26,27). The molecule has 160 valence electrons. The molecule has 1 aliphatic heterocycles. The second-order valence-electron chi connectivity index (χ2n) is 7.56. The summed E-state index contributed by atoms with van der Waals surface area (Å²) < 4.78 is 30.8. The Morgan fingerprint density at radius 3 is 2.83 bits per heavy atom. The Balaban J connectivity index is 1.87. The van der Waals surface area contributed by atoms with Crippen molar-refractivity contribution >= 4 is 27.0 Å². The van der Waals surface area contributed by atoms with Crippen molar-refractivity contribution in [3.63, 3.8) is 0 Å². The Labute approximate surface area is 172 Å². The fourth-order valence-electron chi connectivity index (χ4n) is 3.87. The third-order valence-corrected chi connectivity index (χ3v) is 6.26. The van der Waals surface area contributed by atoms with Gasteiger partial charge in [-0.2, -0.15) is 0 Å². The van der Waals surface area contributed by atoms with Gasteiger partial charge in [-0.1, -0.05) is 13.3 Å². The van der Waals surface area contributed by atoms with E-state index >= 15 is 0 Å². The number of aromatic nitrogens is 2. The molecule has 0 saturated carbocycles. The average molecular weight is 423 g/mol. The zero-order valence-corrected chi connectivity index (χ0v) is 18.0. The monoisotopic (exact) mass is 422 g/mol. The van der Waals surface area contributed by atoms with Crippen LogP contribution in [-0.4, -0.2) is 48.5 Å². The van der Waals surface area contributed by atoms with Gasteiger partial charge in [-0.15, -0.1) is 0 Å². The first-order valence-corrected chi connectivity index (χ1v) is 11.8. The van der Waals surface area contributed by atoms with Gasteiger partial charge < -0.3 is 9.30 Å². The number of unbranched alkanes of at least 4 members (excludes halogenated alkanes) is 1. The highest BCUT2D eigenvalue weighted by Gasteiger charge is 2.28. The minimum Gasteiger partial charge on any atom is -0.466 e. The van der Waals surface area contributed by atoms with Crippen LogP contribution in [-0.2, 0) is 32.6 Å². The molecule has 1 fully saturated rings. The quantitative estimate of drug-likeness (QED) is 0.654. The molecule has 0 amide bonds. The Kier molecular flexibility index (Phi) is 6.92. The van der Waals surface area contributed by atoms with Crippen LogP contribution in [0, 0.1) is 5.92 Å². The largest absolute Gasteiger partial charge is 0.466 e. The lowest BCUT2D eigenvalue weighted by Gasteiger charge is -2.31. The van der Waals surface area contributed by atoms with E-state index in [9.17, 15) is 13.2 Å². The van der Waals surface area contributed by atoms with E-state index in [1.165, 1.54) is 12.1 Å². The van der Waals surface area contributed by atoms with Gasteiger partial charge in [-0.3, -0.25) is 9.69 Å². The van der Waals surface area contributed by atoms with Crippen molar-refractivity contribution in [3.8, 4) is 0 Å². The molecule has 0 spiro atoms. The molecule has 2 aromatic rings. The van der Waals surface area contributed by atoms with Crippen LogP contribution < -0.4 is 5.14 Å². The maximum Gasteiger partial charge on any atom is 0.310 e. The molecule has 0 radical (unpaired) electrons. The molecule has 1 aromatic heterocycles. The van der Waals surface area contributed by atoms with Crippen LogP contribution in [0.3, 0.4) is 0 Å². The molecule has 2 N–H and O–H groups in total. The predicted octanol–water partition coefficient (Wildman–Crippen LogP) is 2.26. The number of ether oxygens (including phenoxy) is 1. The maximum absolute atomic E-state index is 12.1. The van der Waals surface area contributed by atoms with Crippen molar-refractivity contribution < 1.29 is 17.9 Å². The van der Waals surface area contributed by atoms with E-state index in [2.05, 4.69) is 16.4 Å². The molecule has 8 nitrogen and oxygen atoms in total. The number of hydrogen-bond donors (Lipinski definition) is 1. The lowest BCUT2D eigenvalue weighted by atomic mass is 9.98. The molecular weight excluding hydrogens is 392 g/mol. The number of imidazole rings is 1. The minimum atomic E-state index is -3.78. The summed E-state index contributed by atoms with van der Waals surface area (Å²) in [6, 6.07) is 4.84. The summed E-state index contributed by atoms with van der Waals surface area (Å²) in [7, 11) is -3.78. The number of rotatable bonds is 8. The van der Waals surface area contributed by atoms with Crippen LogP contribution >= 0.6 is 0 Å². The van der Waals surface area contributed by atoms with E-state index in [4.69, 9.17) is 14.9 Å². The van der Waals surface area contributed by atoms with Crippen LogP contribution in [0.2, 0.25) is 0 Å². The number of carbonyl (C=O) groups is 1. The third kappa shape index (κ3) is 5.15. The molecule has 0 aliphatic carbocycles. The number of primary sulfonamides is 1. The van der Waals surface area contributed by atoms with E-state index in [-0.39, 0.29) is 16.8 Å². The van der Waals surface area contributed by atoms with Gasteiger partial charge in [0.15, 0.2) is 0 Å². The first-order chi connectivity index (χ1) is 13.8. The van der Waals surface area contributed by atoms with Gasteiger partial charge in [0.1, 0.15) is 5.82 Å². The molecule has 1 aliphatic rings. The number of hydrogen-bond acceptors (Lipinski definition) is 6. The first kappa shape index (κ1) is 21.7. The van der Waals surface area contributed by atoms with Crippen LogP contribution in [0.1, 0.15) is 45.4 Å². The highest BCUT2D eigenvalue weighted by atomic mass is 32.2. The number of esters is 1. The molecule has 9 heteroatoms. The Morgan fingerprint density at radius 1 is 1.34 bits per heavy atom. The highest BCUT2D eigenvalue weighted by Crippen LogP contribution is 2.24. The lowest BCUT2D eigenvalue weighted by Crippen LogP contribution is -2.39. The molecule has 1 unspecified atom stereocenters. The van der Waals surface area contributed by atoms with Crippen molar-refractivity contribution in [2.45, 2.75) is 57.5 Å². The number of likely N-dealkylation sites (tertiary alicyclic amines) is 1. The maximum atomic E-state index is 12.1. The number of piperidine rings is 1. The fraction of sp³-hybridized carbons (Fsp3) is 0.600. The van der Waals surface area contributed by atoms with Crippen LogP contribution in [0.15, 0.2) is 23.1 Å². The minimum absolute atomic E-state index is 0.0667. The Bertz CT molecular complexity index is 970. The number of nitrogens with zero attached hydrogens (tertiary/aromatic N) is 3. The van der Waals surface area contributed by atoms with Gasteiger partial charge in [0.25, 0.3) is 0 Å². The number of aryl methyl sites for hydroxylation is 1. The van der Waals surface area contributed by atoms with Crippen molar-refractivity contribution in [2.24, 2.45) is 11.1 Å². The predicted molar refractivity (Wildman–Crippen MR) is 111 cm³/mol. The first-order valence-electron chi connectivity index (χ1n) is 10.2. The summed E-state index contributed by atoms with van der Waals surface area (Å²) >= 11 is 0. The summed E-state index contributed by atoms with van der Waals surface area (Å²) in [5, 5.41) is 5.28. The van der Waals surface area contributed by atoms with Crippen LogP contribution in [0.5, 0.6) is 0 Å². The molecule has 29 heavy (non-hydrogen) atoms. The van der Waals surface area contributed by atoms with Gasteiger partial charge in [-0.05, 0) is 50.9 Å². The molecule has 2 heterocycles. The zero-order valence-electron chi connectivity index (χ0n) is 17.1. The molecule has 0 bridgehead atoms. The molecule has 1 atom stereocenters. The summed E-state index contributed by atoms with van der Waals surface area (Å²) in [5.74, 6) is 0.644. The van der Waals surface area contributed by atoms with Gasteiger partial charge in [-0.25, -0.2) is 18.5 Å². The number of fused-ring (bicyclic) bond motifs is 1. The third-order valence-electron chi connectivity index (χ3n) is 5.35. The van der Waals surface area contributed by atoms with Crippen LogP contribution in [0.25, 0.3) is 11.0 Å². The Morgan fingerprint density at radius 2 is 2.14 bits per heavy atom. The number of carbonyl (C=O) groups excluding carboxylic acids is 1. The van der Waals surface area contributed by atoms with E-state index in [0.717, 1.165) is 50.1 Å². The van der Waals surface area contributed by atoms with E-state index in [0.29, 0.717) is 25.2 Å². The smallest absolute Gasteiger partial charge is 0.310 e. The van der Waals surface area contributed by atoms with Crippen molar-refractivity contribution in [2.75, 3.05) is 19.7 Å². The number of nitrogens with two attached hydrogens (primary N) is 1. The second-order valence-corrected chi connectivity index (χ2v) is 9.12. The van der Waals surface area contributed by atoms with Crippen LogP contribution in [0.4, 0.5) is 0 Å². The Hall–Kier alpha value is -1.97. The SMILES string of the molecule is CCCCn1c(CN2CCCC(C(=O)OCC)C2)nc2cc(S(N)(=O)=O)ccc21. The topological polar surface area (TPSA) is 108 Å². The van der Waals surface area contributed by atoms with Gasteiger partial charge in [0.05, 0.1) is 35.0 Å². The molecule has 1 aromatic carbocycles. The van der Waals surface area contributed by atoms with E-state index in [1.54, 1.807) is 6.07 Å². The van der Waals surface area contributed by atoms with Gasteiger partial charge in [0.2, 0.25) is 10.0 Å². The van der Waals surface area contributed by atoms with E-state index in [1.807, 2.05) is 6.92 Å². The number of benzene rings is 1. The lowest BCUT2D eigenvalue weighted by molar-refractivity contribution is -0.150. The van der Waals surface area contributed by atoms with E-state index < -0.39 is 10.0 Å². The summed E-state index contributed by atoms with van der Waals surface area (Å²) in [5.41, 5.74) is 1.53. The molecule has 1 saturated heterocycles. The van der Waals surface area contributed by atoms with Gasteiger partial charge in [0, 0.05) is 13.1 Å². The average Bonchev–Trinajstić information content (AvgIpc) is 3.02. The summed E-state index contributed by atoms with van der Waals surface area (Å²) in [6.45, 7) is 7.32. The normalized spacial score (nSPS) is 18.2. The van der Waals surface area contributed by atoms with Crippen molar-refractivity contribution in [3.05, 3.63) is 24.0 Å². The molecule has 3 rings (SSSR count). The zero-order chi connectivity index (χ0) is 21.0.